The molecule has 5 aliphatic rings. The van der Waals surface area contributed by atoms with Crippen LogP contribution in [0.25, 0.3) is 0 Å². The lowest BCUT2D eigenvalue weighted by molar-refractivity contribution is -0.924. The zero-order valence-electron chi connectivity index (χ0n) is 31.4. The molecule has 7 rings (SSSR count). The van der Waals surface area contributed by atoms with Gasteiger partial charge in [0.2, 0.25) is 0 Å². The summed E-state index contributed by atoms with van der Waals surface area (Å²) in [7, 11) is -0.165. The van der Waals surface area contributed by atoms with Crippen LogP contribution in [0.4, 0.5) is 0 Å². The van der Waals surface area contributed by atoms with Gasteiger partial charge < -0.3 is 4.43 Å². The van der Waals surface area contributed by atoms with Gasteiger partial charge in [-0.1, -0.05) is 135 Å². The van der Waals surface area contributed by atoms with Gasteiger partial charge in [-0.2, -0.15) is 0 Å². The molecule has 4 heteroatoms. The molecule has 258 valence electrons. The molecule has 47 heavy (non-hydrogen) atoms. The highest BCUT2D eigenvalue weighted by atomic mass is 28.4. The molecule has 0 bridgehead atoms. The summed E-state index contributed by atoms with van der Waals surface area (Å²) in [4.78, 5) is 7.20. The summed E-state index contributed by atoms with van der Waals surface area (Å²) >= 11 is 0. The third-order valence-electron chi connectivity index (χ3n) is 15.2. The molecule has 3 nitrogen and oxygen atoms in total. The zero-order chi connectivity index (χ0) is 33.5. The van der Waals surface area contributed by atoms with Crippen molar-refractivity contribution in [2.24, 2.45) is 46.3 Å². The summed E-state index contributed by atoms with van der Waals surface area (Å²) in [5.74, 6) is 5.01. The summed E-state index contributed by atoms with van der Waals surface area (Å²) in [6.45, 7) is 21.2. The van der Waals surface area contributed by atoms with Crippen molar-refractivity contribution in [3.05, 3.63) is 60.7 Å². The first-order valence-electron chi connectivity index (χ1n) is 19.6. The topological polar surface area (TPSA) is 21.8 Å². The second-order valence-corrected chi connectivity index (χ2v) is 23.4. The van der Waals surface area contributed by atoms with Crippen LogP contribution in [0.2, 0.25) is 5.04 Å². The van der Waals surface area contributed by atoms with Crippen molar-refractivity contribution >= 4 is 18.7 Å². The van der Waals surface area contributed by atoms with Crippen LogP contribution in [-0.4, -0.2) is 38.4 Å². The lowest BCUT2D eigenvalue weighted by Gasteiger charge is -2.58. The smallest absolute Gasteiger partial charge is 0.291 e. The fraction of sp³-hybridized carbons (Fsp3) is 0.721. The van der Waals surface area contributed by atoms with Crippen molar-refractivity contribution in [1.82, 2.24) is 0 Å². The molecule has 1 spiro atoms. The first kappa shape index (κ1) is 34.0. The normalized spacial score (nSPS) is 40.3. The predicted molar refractivity (Wildman–Crippen MR) is 198 cm³/mol. The van der Waals surface area contributed by atoms with Gasteiger partial charge in [0.05, 0.1) is 17.9 Å². The zero-order valence-corrected chi connectivity index (χ0v) is 32.4. The van der Waals surface area contributed by atoms with Crippen LogP contribution in [0, 0.1) is 46.3 Å². The van der Waals surface area contributed by atoms with Crippen LogP contribution in [0.15, 0.2) is 60.7 Å². The Morgan fingerprint density at radius 2 is 1.49 bits per heavy atom. The molecule has 2 aromatic carbocycles. The van der Waals surface area contributed by atoms with Gasteiger partial charge in [0, 0.05) is 5.92 Å². The Bertz CT molecular complexity index is 1370. The molecule has 10 atom stereocenters. The van der Waals surface area contributed by atoms with Crippen LogP contribution in [-0.2, 0) is 9.26 Å². The van der Waals surface area contributed by atoms with E-state index < -0.39 is 8.32 Å². The Labute approximate surface area is 288 Å². The number of quaternary nitrogens is 1. The van der Waals surface area contributed by atoms with Crippen LogP contribution < -0.4 is 10.4 Å². The Morgan fingerprint density at radius 3 is 2.09 bits per heavy atom. The van der Waals surface area contributed by atoms with Crippen molar-refractivity contribution in [3.63, 3.8) is 0 Å². The third-order valence-corrected chi connectivity index (χ3v) is 20.3. The van der Waals surface area contributed by atoms with E-state index in [9.17, 15) is 0 Å². The minimum Gasteiger partial charge on any atom is -0.404 e. The number of piperidine rings is 1. The van der Waals surface area contributed by atoms with Gasteiger partial charge in [-0.25, -0.2) is 0 Å². The average molecular weight is 657 g/mol. The average Bonchev–Trinajstić information content (AvgIpc) is 3.46. The number of hydrogen-bond donors (Lipinski definition) is 0. The molecule has 2 saturated heterocycles. The first-order chi connectivity index (χ1) is 22.2. The van der Waals surface area contributed by atoms with Crippen LogP contribution in [0.3, 0.4) is 0 Å². The van der Waals surface area contributed by atoms with E-state index in [1.165, 1.54) is 68.3 Å². The lowest BCUT2D eigenvalue weighted by atomic mass is 9.47. The van der Waals surface area contributed by atoms with E-state index in [1.54, 1.807) is 0 Å². The molecule has 2 aromatic rings. The highest BCUT2D eigenvalue weighted by Gasteiger charge is 2.86. The van der Waals surface area contributed by atoms with Gasteiger partial charge in [-0.15, -0.1) is 9.48 Å². The van der Waals surface area contributed by atoms with E-state index in [0.29, 0.717) is 5.41 Å². The maximum Gasteiger partial charge on any atom is 0.291 e. The first-order valence-corrected chi connectivity index (χ1v) is 21.5. The van der Waals surface area contributed by atoms with Crippen molar-refractivity contribution < 1.29 is 13.9 Å². The maximum atomic E-state index is 7.80. The van der Waals surface area contributed by atoms with Gasteiger partial charge in [0.25, 0.3) is 14.0 Å². The molecule has 2 heterocycles. The summed E-state index contributed by atoms with van der Waals surface area (Å²) in [5.41, 5.74) is 0.629. The summed E-state index contributed by atoms with van der Waals surface area (Å²) in [6.07, 6.45) is 13.5. The second-order valence-electron chi connectivity index (χ2n) is 19.1. The Balaban J connectivity index is 1.15. The van der Waals surface area contributed by atoms with Gasteiger partial charge in [0.15, 0.2) is 0 Å². The van der Waals surface area contributed by atoms with Gasteiger partial charge >= 0.3 is 0 Å². The number of nitrogens with zero attached hydrogens (tertiary/aromatic N) is 1. The van der Waals surface area contributed by atoms with Gasteiger partial charge in [0.1, 0.15) is 13.6 Å². The third kappa shape index (κ3) is 5.11. The van der Waals surface area contributed by atoms with E-state index in [2.05, 4.69) is 123 Å². The quantitative estimate of drug-likeness (QED) is 0.152. The van der Waals surface area contributed by atoms with E-state index >= 15 is 0 Å². The monoisotopic (exact) mass is 656 g/mol. The number of hydroxylamine groups is 3. The van der Waals surface area contributed by atoms with Gasteiger partial charge in [-0.05, 0) is 88.9 Å². The van der Waals surface area contributed by atoms with Crippen molar-refractivity contribution in [3.8, 4) is 0 Å². The minimum atomic E-state index is -2.62. The van der Waals surface area contributed by atoms with E-state index in [1.807, 2.05) is 0 Å². The molecular weight excluding hydrogens is 591 g/mol. The Hall–Kier alpha value is -1.46. The number of fused-ring (bicyclic) bond motifs is 4. The highest BCUT2D eigenvalue weighted by molar-refractivity contribution is 6.99. The molecule has 0 amide bonds. The van der Waals surface area contributed by atoms with Crippen molar-refractivity contribution in [2.45, 2.75) is 136 Å². The SMILES string of the molecule is CC(C)CCC[C@@H](C)[C@H]1CCC2C3C[N@@+]4(C)O[C@]45C[C@@H](O[Si](c4ccccc4)(c4ccccc4)C(C)(C)C)CC[C@]5(C)C3CC[C@@]21C. The van der Waals surface area contributed by atoms with Gasteiger partial charge in [-0.3, -0.25) is 0 Å². The van der Waals surface area contributed by atoms with Crippen LogP contribution in [0.5, 0.6) is 0 Å². The van der Waals surface area contributed by atoms with Crippen LogP contribution >= 0.6 is 0 Å². The number of hydrogen-bond acceptors (Lipinski definition) is 2. The largest absolute Gasteiger partial charge is 0.404 e. The summed E-state index contributed by atoms with van der Waals surface area (Å²) < 4.78 is 8.63. The summed E-state index contributed by atoms with van der Waals surface area (Å²) in [6, 6.07) is 22.5. The molecule has 0 radical (unpaired) electrons. The van der Waals surface area contributed by atoms with E-state index in [-0.39, 0.29) is 22.3 Å². The molecule has 2 aliphatic heterocycles. The molecule has 5 fully saturated rings. The molecule has 3 aliphatic carbocycles. The summed E-state index contributed by atoms with van der Waals surface area (Å²) in [5, 5.41) is 2.78. The lowest BCUT2D eigenvalue weighted by Crippen LogP contribution is -2.69. The number of rotatable bonds is 9. The minimum absolute atomic E-state index is 0.00683. The molecular formula is C43H66NO2Si+. The van der Waals surface area contributed by atoms with Crippen molar-refractivity contribution in [2.75, 3.05) is 13.6 Å². The Morgan fingerprint density at radius 1 is 0.851 bits per heavy atom. The highest BCUT2D eigenvalue weighted by Crippen LogP contribution is 2.75. The standard InChI is InChI=1S/C43H66NO2Si/c1-31(2)17-16-18-32(3)37-23-24-38-36-30-44(9)43(46-44)29-33(25-28-42(43,8)39(36)26-27-41(37,38)7)45-47(40(4,5)6,34-19-12-10-13-20-34)35-21-14-11-15-22-35/h10-15,19-22,31-33,36-39H,16-18,23-30H2,1-9H3/q+1/t32-,33+,36?,37-,38?,39?,41-,42-,43+,44-/m1/s1. The van der Waals surface area contributed by atoms with Crippen LogP contribution in [0.1, 0.15) is 120 Å². The molecule has 0 N–H and O–H groups in total. The van der Waals surface area contributed by atoms with E-state index in [0.717, 1.165) is 53.0 Å². The fourth-order valence-electron chi connectivity index (χ4n) is 12.9. The second kappa shape index (κ2) is 11.8. The Kier molecular flexibility index (Phi) is 8.55. The predicted octanol–water partition coefficient (Wildman–Crippen LogP) is 9.74. The van der Waals surface area contributed by atoms with Crippen molar-refractivity contribution in [1.29, 1.82) is 0 Å². The molecule has 0 aromatic heterocycles. The fourth-order valence-corrected chi connectivity index (χ4v) is 17.7. The number of benzene rings is 2. The molecule has 3 unspecified atom stereocenters. The van der Waals surface area contributed by atoms with E-state index in [4.69, 9.17) is 9.26 Å². The molecule has 3 saturated carbocycles. The maximum absolute atomic E-state index is 7.80.